The number of benzene rings is 2. The molecule has 126 valence electrons. The van der Waals surface area contributed by atoms with Crippen LogP contribution in [0.5, 0.6) is 5.75 Å². The molecule has 1 amide bonds. The molecule has 1 aliphatic heterocycles. The Morgan fingerprint density at radius 3 is 2.92 bits per heavy atom. The number of carbonyl (C=O) groups is 1. The van der Waals surface area contributed by atoms with E-state index in [1.165, 1.54) is 17.0 Å². The van der Waals surface area contributed by atoms with Gasteiger partial charge in [-0.15, -0.1) is 11.3 Å². The molecule has 0 saturated heterocycles. The van der Waals surface area contributed by atoms with Crippen LogP contribution in [0.25, 0.3) is 0 Å². The van der Waals surface area contributed by atoms with E-state index in [9.17, 15) is 9.18 Å². The van der Waals surface area contributed by atoms with Gasteiger partial charge in [0.1, 0.15) is 18.2 Å². The maximum Gasteiger partial charge on any atom is 0.225 e. The van der Waals surface area contributed by atoms with E-state index in [0.717, 1.165) is 16.8 Å². The van der Waals surface area contributed by atoms with Gasteiger partial charge in [-0.05, 0) is 46.8 Å². The lowest BCUT2D eigenvalue weighted by Crippen LogP contribution is -2.21. The third kappa shape index (κ3) is 3.42. The van der Waals surface area contributed by atoms with E-state index in [0.29, 0.717) is 18.8 Å². The van der Waals surface area contributed by atoms with Crippen LogP contribution in [0.2, 0.25) is 0 Å². The number of anilines is 1. The maximum absolute atomic E-state index is 13.3. The number of nitrogens with one attached hydrogen (secondary N) is 1. The summed E-state index contributed by atoms with van der Waals surface area (Å²) in [6.45, 7) is 0.302. The van der Waals surface area contributed by atoms with Crippen molar-refractivity contribution in [2.75, 3.05) is 5.32 Å². The minimum Gasteiger partial charge on any atom is -0.489 e. The highest BCUT2D eigenvalue weighted by Crippen LogP contribution is 2.41. The molecule has 0 radical (unpaired) electrons. The fraction of sp³-hybridized carbons (Fsp3) is 0.150. The van der Waals surface area contributed by atoms with E-state index in [2.05, 4.69) is 5.32 Å². The molecule has 25 heavy (non-hydrogen) atoms. The number of fused-ring (bicyclic) bond motifs is 1. The molecule has 1 atom stereocenters. The van der Waals surface area contributed by atoms with E-state index in [1.807, 2.05) is 41.8 Å². The van der Waals surface area contributed by atoms with Crippen LogP contribution in [-0.4, -0.2) is 5.91 Å². The topological polar surface area (TPSA) is 38.3 Å². The van der Waals surface area contributed by atoms with Crippen molar-refractivity contribution in [3.63, 3.8) is 0 Å². The monoisotopic (exact) mass is 353 g/mol. The van der Waals surface area contributed by atoms with Crippen molar-refractivity contribution in [1.82, 2.24) is 0 Å². The average molecular weight is 353 g/mol. The van der Waals surface area contributed by atoms with Crippen LogP contribution in [0.3, 0.4) is 0 Å². The average Bonchev–Trinajstić information content (AvgIpc) is 3.08. The van der Waals surface area contributed by atoms with Gasteiger partial charge in [0.05, 0.1) is 5.69 Å². The first-order valence-corrected chi connectivity index (χ1v) is 8.91. The molecular weight excluding hydrogens is 337 g/mol. The van der Waals surface area contributed by atoms with Gasteiger partial charge in [0.15, 0.2) is 0 Å². The number of hydrogen-bond donors (Lipinski definition) is 1. The summed E-state index contributed by atoms with van der Waals surface area (Å²) < 4.78 is 19.1. The molecule has 1 N–H and O–H groups in total. The van der Waals surface area contributed by atoms with Crippen LogP contribution in [0.15, 0.2) is 60.0 Å². The first-order chi connectivity index (χ1) is 12.2. The molecule has 0 aliphatic carbocycles. The van der Waals surface area contributed by atoms with Gasteiger partial charge in [-0.3, -0.25) is 4.79 Å². The Morgan fingerprint density at radius 2 is 2.04 bits per heavy atom. The molecule has 0 bridgehead atoms. The van der Waals surface area contributed by atoms with Gasteiger partial charge in [0, 0.05) is 17.2 Å². The normalized spacial score (nSPS) is 16.2. The van der Waals surface area contributed by atoms with Crippen LogP contribution in [0, 0.1) is 5.82 Å². The fourth-order valence-corrected chi connectivity index (χ4v) is 4.04. The van der Waals surface area contributed by atoms with E-state index >= 15 is 0 Å². The maximum atomic E-state index is 13.3. The first-order valence-electron chi connectivity index (χ1n) is 8.03. The Balaban J connectivity index is 1.55. The Bertz CT molecular complexity index is 921. The van der Waals surface area contributed by atoms with E-state index in [-0.39, 0.29) is 17.6 Å². The van der Waals surface area contributed by atoms with Crippen molar-refractivity contribution in [3.8, 4) is 5.75 Å². The van der Waals surface area contributed by atoms with Gasteiger partial charge in [-0.2, -0.15) is 0 Å². The van der Waals surface area contributed by atoms with Crippen molar-refractivity contribution in [1.29, 1.82) is 0 Å². The zero-order valence-electron chi connectivity index (χ0n) is 13.4. The number of ether oxygens (including phenoxy) is 1. The molecule has 0 fully saturated rings. The summed E-state index contributed by atoms with van der Waals surface area (Å²) in [5, 5.41) is 4.90. The van der Waals surface area contributed by atoms with Crippen molar-refractivity contribution in [3.05, 3.63) is 81.8 Å². The van der Waals surface area contributed by atoms with Crippen LogP contribution in [0.1, 0.15) is 28.3 Å². The molecule has 3 nitrogen and oxygen atoms in total. The molecule has 2 heterocycles. The quantitative estimate of drug-likeness (QED) is 0.721. The standard InChI is InChI=1S/C20H16FNO2S/c21-15-5-1-3-13(9-15)12-24-16-6-2-4-14(10-16)17-11-19(23)22-18-7-8-25-20(17)18/h1-10,17H,11-12H2,(H,22,23)/t17-/m1/s1. The minimum absolute atomic E-state index is 0.0296. The molecule has 0 unspecified atom stereocenters. The fourth-order valence-electron chi connectivity index (χ4n) is 3.06. The predicted molar refractivity (Wildman–Crippen MR) is 96.6 cm³/mol. The summed E-state index contributed by atoms with van der Waals surface area (Å²) in [6, 6.07) is 16.1. The lowest BCUT2D eigenvalue weighted by atomic mass is 9.90. The number of rotatable bonds is 4. The Kier molecular flexibility index (Phi) is 4.24. The third-order valence-corrected chi connectivity index (χ3v) is 5.26. The summed E-state index contributed by atoms with van der Waals surface area (Å²) in [4.78, 5) is 13.1. The third-order valence-electron chi connectivity index (χ3n) is 4.23. The summed E-state index contributed by atoms with van der Waals surface area (Å²) in [5.41, 5.74) is 2.73. The molecule has 1 aromatic heterocycles. The molecule has 2 aromatic carbocycles. The minimum atomic E-state index is -0.270. The van der Waals surface area contributed by atoms with Gasteiger partial charge in [-0.1, -0.05) is 24.3 Å². The van der Waals surface area contributed by atoms with Gasteiger partial charge in [-0.25, -0.2) is 4.39 Å². The zero-order valence-corrected chi connectivity index (χ0v) is 14.2. The first kappa shape index (κ1) is 15.8. The SMILES string of the molecule is O=C1C[C@H](c2cccc(OCc3cccc(F)c3)c2)c2sccc2N1. The van der Waals surface area contributed by atoms with Crippen LogP contribution >= 0.6 is 11.3 Å². The van der Waals surface area contributed by atoms with Gasteiger partial charge < -0.3 is 10.1 Å². The Hall–Kier alpha value is -2.66. The van der Waals surface area contributed by atoms with Crippen LogP contribution in [-0.2, 0) is 11.4 Å². The zero-order chi connectivity index (χ0) is 17.2. The number of amides is 1. The molecule has 0 spiro atoms. The largest absolute Gasteiger partial charge is 0.489 e. The number of hydrogen-bond acceptors (Lipinski definition) is 3. The van der Waals surface area contributed by atoms with Gasteiger partial charge in [0.2, 0.25) is 5.91 Å². The molecule has 4 rings (SSSR count). The smallest absolute Gasteiger partial charge is 0.225 e. The van der Waals surface area contributed by atoms with Crippen LogP contribution in [0.4, 0.5) is 10.1 Å². The highest BCUT2D eigenvalue weighted by molar-refractivity contribution is 7.10. The molecule has 0 saturated carbocycles. The van der Waals surface area contributed by atoms with Crippen LogP contribution < -0.4 is 10.1 Å². The predicted octanol–water partition coefficient (Wildman–Crippen LogP) is 4.94. The lowest BCUT2D eigenvalue weighted by Gasteiger charge is -2.23. The van der Waals surface area contributed by atoms with E-state index in [4.69, 9.17) is 4.74 Å². The number of thiophene rings is 1. The summed E-state index contributed by atoms with van der Waals surface area (Å²) in [5.74, 6) is 0.516. The van der Waals surface area contributed by atoms with E-state index in [1.54, 1.807) is 17.4 Å². The van der Waals surface area contributed by atoms with Crippen molar-refractivity contribution >= 4 is 22.9 Å². The van der Waals surface area contributed by atoms with Crippen molar-refractivity contribution in [2.45, 2.75) is 18.9 Å². The summed E-state index contributed by atoms with van der Waals surface area (Å²) in [7, 11) is 0. The summed E-state index contributed by atoms with van der Waals surface area (Å²) in [6.07, 6.45) is 0.431. The van der Waals surface area contributed by atoms with E-state index < -0.39 is 0 Å². The Morgan fingerprint density at radius 1 is 1.16 bits per heavy atom. The van der Waals surface area contributed by atoms with Crippen molar-refractivity contribution < 1.29 is 13.9 Å². The molecule has 1 aliphatic rings. The molecule has 3 aromatic rings. The number of halogens is 1. The highest BCUT2D eigenvalue weighted by Gasteiger charge is 2.27. The molecular formula is C20H16FNO2S. The highest BCUT2D eigenvalue weighted by atomic mass is 32.1. The Labute approximate surface area is 149 Å². The summed E-state index contributed by atoms with van der Waals surface area (Å²) >= 11 is 1.65. The van der Waals surface area contributed by atoms with Crippen molar-refractivity contribution in [2.24, 2.45) is 0 Å². The number of carbonyl (C=O) groups excluding carboxylic acids is 1. The second-order valence-corrected chi connectivity index (χ2v) is 6.94. The second kappa shape index (κ2) is 6.69. The van der Waals surface area contributed by atoms with Gasteiger partial charge in [0.25, 0.3) is 0 Å². The molecule has 5 heteroatoms. The van der Waals surface area contributed by atoms with Gasteiger partial charge >= 0.3 is 0 Å². The second-order valence-electron chi connectivity index (χ2n) is 5.99. The lowest BCUT2D eigenvalue weighted by molar-refractivity contribution is -0.116.